The first kappa shape index (κ1) is 13.8. The molecule has 0 aliphatic rings. The number of nitrogens with zero attached hydrogens (tertiary/aromatic N) is 1. The van der Waals surface area contributed by atoms with Crippen molar-refractivity contribution in [1.29, 1.82) is 0 Å². The highest BCUT2D eigenvalue weighted by atomic mass is 79.9. The van der Waals surface area contributed by atoms with Gasteiger partial charge in [0.1, 0.15) is 5.75 Å². The second kappa shape index (κ2) is 5.90. The minimum Gasteiger partial charge on any atom is -0.495 e. The molecular formula is C10H10BrF2NO3. The van der Waals surface area contributed by atoms with E-state index in [-0.39, 0.29) is 17.9 Å². The molecule has 0 aromatic carbocycles. The molecule has 0 atom stereocenters. The second-order valence-electron chi connectivity index (χ2n) is 3.05. The zero-order valence-corrected chi connectivity index (χ0v) is 10.8. The predicted octanol–water partition coefficient (Wildman–Crippen LogP) is 2.51. The molecule has 0 N–H and O–H groups in total. The van der Waals surface area contributed by atoms with Crippen molar-refractivity contribution in [3.63, 3.8) is 0 Å². The van der Waals surface area contributed by atoms with Crippen LogP contribution < -0.4 is 4.74 Å². The van der Waals surface area contributed by atoms with E-state index in [0.717, 1.165) is 0 Å². The van der Waals surface area contributed by atoms with Gasteiger partial charge in [0.2, 0.25) is 0 Å². The summed E-state index contributed by atoms with van der Waals surface area (Å²) in [6.45, 7) is 0. The van der Waals surface area contributed by atoms with E-state index in [0.29, 0.717) is 4.47 Å². The fourth-order valence-electron chi connectivity index (χ4n) is 1.30. The van der Waals surface area contributed by atoms with Gasteiger partial charge in [-0.15, -0.1) is 0 Å². The Kier molecular flexibility index (Phi) is 4.80. The lowest BCUT2D eigenvalue weighted by Crippen LogP contribution is -2.10. The maximum Gasteiger partial charge on any atom is 0.311 e. The quantitative estimate of drug-likeness (QED) is 0.802. The monoisotopic (exact) mass is 309 g/mol. The number of methoxy groups -OCH3 is 2. The third-order valence-corrected chi connectivity index (χ3v) is 2.63. The minimum absolute atomic E-state index is 0.0195. The van der Waals surface area contributed by atoms with E-state index in [9.17, 15) is 13.6 Å². The summed E-state index contributed by atoms with van der Waals surface area (Å²) < 4.78 is 35.4. The van der Waals surface area contributed by atoms with E-state index in [1.54, 1.807) is 0 Å². The third-order valence-electron chi connectivity index (χ3n) is 2.07. The van der Waals surface area contributed by atoms with Gasteiger partial charge in [-0.05, 0) is 15.9 Å². The fraction of sp³-hybridized carbons (Fsp3) is 0.400. The van der Waals surface area contributed by atoms with E-state index in [4.69, 9.17) is 4.74 Å². The number of alkyl halides is 2. The fourth-order valence-corrected chi connectivity index (χ4v) is 1.78. The van der Waals surface area contributed by atoms with Crippen LogP contribution in [0, 0.1) is 0 Å². The Morgan fingerprint density at radius 1 is 1.53 bits per heavy atom. The van der Waals surface area contributed by atoms with Gasteiger partial charge in [0.15, 0.2) is 0 Å². The summed E-state index contributed by atoms with van der Waals surface area (Å²) in [5.74, 6) is -0.655. The molecule has 0 aliphatic heterocycles. The van der Waals surface area contributed by atoms with Crippen LogP contribution in [0.4, 0.5) is 8.78 Å². The van der Waals surface area contributed by atoms with Gasteiger partial charge in [-0.25, -0.2) is 8.78 Å². The number of halogens is 3. The highest BCUT2D eigenvalue weighted by Gasteiger charge is 2.24. The van der Waals surface area contributed by atoms with Crippen molar-refractivity contribution in [2.75, 3.05) is 14.2 Å². The van der Waals surface area contributed by atoms with E-state index >= 15 is 0 Å². The molecule has 17 heavy (non-hydrogen) atoms. The van der Waals surface area contributed by atoms with Crippen LogP contribution in [0.15, 0.2) is 10.7 Å². The number of carbonyl (C=O) groups is 1. The molecular weight excluding hydrogens is 300 g/mol. The first-order valence-corrected chi connectivity index (χ1v) is 5.36. The average Bonchev–Trinajstić information content (AvgIpc) is 2.30. The van der Waals surface area contributed by atoms with Crippen molar-refractivity contribution in [3.05, 3.63) is 21.9 Å². The lowest BCUT2D eigenvalue weighted by Gasteiger charge is -2.13. The summed E-state index contributed by atoms with van der Waals surface area (Å²) in [6, 6.07) is 0. The third kappa shape index (κ3) is 3.12. The molecule has 4 nitrogen and oxygen atoms in total. The van der Waals surface area contributed by atoms with Gasteiger partial charge in [0, 0.05) is 6.20 Å². The number of hydrogen-bond acceptors (Lipinski definition) is 4. The molecule has 0 unspecified atom stereocenters. The van der Waals surface area contributed by atoms with Crippen LogP contribution >= 0.6 is 15.9 Å². The molecule has 94 valence electrons. The first-order chi connectivity index (χ1) is 8.01. The Hall–Kier alpha value is -1.24. The van der Waals surface area contributed by atoms with Gasteiger partial charge in [-0.3, -0.25) is 9.78 Å². The maximum absolute atomic E-state index is 12.9. The summed E-state index contributed by atoms with van der Waals surface area (Å²) in [5.41, 5.74) is -0.445. The van der Waals surface area contributed by atoms with Gasteiger partial charge in [0.25, 0.3) is 6.43 Å². The summed E-state index contributed by atoms with van der Waals surface area (Å²) >= 11 is 3.06. The van der Waals surface area contributed by atoms with Crippen LogP contribution in [-0.2, 0) is 16.0 Å². The van der Waals surface area contributed by atoms with Crippen molar-refractivity contribution < 1.29 is 23.0 Å². The molecule has 1 aromatic rings. The Morgan fingerprint density at radius 3 is 2.65 bits per heavy atom. The standard InChI is InChI=1S/C10H10BrF2NO3/c1-16-7(15)3-6-8(10(12)13)9(17-2)5(11)4-14-6/h4,10H,3H2,1-2H3. The molecule has 0 amide bonds. The molecule has 0 radical (unpaired) electrons. The van der Waals surface area contributed by atoms with Gasteiger partial charge in [-0.2, -0.15) is 0 Å². The SMILES string of the molecule is COC(=O)Cc1ncc(Br)c(OC)c1C(F)F. The maximum atomic E-state index is 12.9. The summed E-state index contributed by atoms with van der Waals surface area (Å²) in [7, 11) is 2.45. The molecule has 0 fully saturated rings. The van der Waals surface area contributed by atoms with Crippen LogP contribution in [0.2, 0.25) is 0 Å². The normalized spacial score (nSPS) is 10.5. The molecule has 0 spiro atoms. The number of pyridine rings is 1. The predicted molar refractivity (Wildman–Crippen MR) is 59.2 cm³/mol. The Morgan fingerprint density at radius 2 is 2.18 bits per heavy atom. The lowest BCUT2D eigenvalue weighted by atomic mass is 10.1. The number of carbonyl (C=O) groups excluding carboxylic acids is 1. The van der Waals surface area contributed by atoms with E-state index in [2.05, 4.69) is 25.7 Å². The van der Waals surface area contributed by atoms with Crippen LogP contribution in [-0.4, -0.2) is 25.2 Å². The van der Waals surface area contributed by atoms with Crippen molar-refractivity contribution in [2.24, 2.45) is 0 Å². The van der Waals surface area contributed by atoms with Crippen molar-refractivity contribution in [1.82, 2.24) is 4.98 Å². The minimum atomic E-state index is -2.78. The molecule has 0 saturated heterocycles. The van der Waals surface area contributed by atoms with E-state index in [1.165, 1.54) is 20.4 Å². The Balaban J connectivity index is 3.25. The molecule has 7 heteroatoms. The molecule has 0 saturated carbocycles. The van der Waals surface area contributed by atoms with Crippen LogP contribution in [0.25, 0.3) is 0 Å². The summed E-state index contributed by atoms with van der Waals surface area (Å²) in [5, 5.41) is 0. The zero-order valence-electron chi connectivity index (χ0n) is 9.17. The van der Waals surface area contributed by atoms with Crippen LogP contribution in [0.5, 0.6) is 5.75 Å². The van der Waals surface area contributed by atoms with E-state index < -0.39 is 18.0 Å². The van der Waals surface area contributed by atoms with Crippen molar-refractivity contribution in [3.8, 4) is 5.75 Å². The highest BCUT2D eigenvalue weighted by molar-refractivity contribution is 9.10. The number of ether oxygens (including phenoxy) is 2. The number of aromatic nitrogens is 1. The van der Waals surface area contributed by atoms with Crippen LogP contribution in [0.1, 0.15) is 17.7 Å². The van der Waals surface area contributed by atoms with E-state index in [1.807, 2.05) is 0 Å². The largest absolute Gasteiger partial charge is 0.495 e. The number of esters is 1. The number of hydrogen-bond donors (Lipinski definition) is 0. The summed E-state index contributed by atoms with van der Waals surface area (Å²) in [4.78, 5) is 14.9. The van der Waals surface area contributed by atoms with Gasteiger partial charge >= 0.3 is 5.97 Å². The average molecular weight is 310 g/mol. The zero-order chi connectivity index (χ0) is 13.0. The molecule has 0 bridgehead atoms. The lowest BCUT2D eigenvalue weighted by molar-refractivity contribution is -0.139. The first-order valence-electron chi connectivity index (χ1n) is 4.57. The highest BCUT2D eigenvalue weighted by Crippen LogP contribution is 2.36. The molecule has 1 aromatic heterocycles. The number of rotatable bonds is 4. The van der Waals surface area contributed by atoms with Gasteiger partial charge in [0.05, 0.1) is 36.4 Å². The topological polar surface area (TPSA) is 48.4 Å². The van der Waals surface area contributed by atoms with Gasteiger partial charge < -0.3 is 9.47 Å². The summed E-state index contributed by atoms with van der Waals surface area (Å²) in [6.07, 6.45) is -1.79. The Bertz CT molecular complexity index is 426. The second-order valence-corrected chi connectivity index (χ2v) is 3.91. The Labute approximate surface area is 105 Å². The smallest absolute Gasteiger partial charge is 0.311 e. The molecule has 1 heterocycles. The van der Waals surface area contributed by atoms with Crippen molar-refractivity contribution >= 4 is 21.9 Å². The van der Waals surface area contributed by atoms with Crippen molar-refractivity contribution in [2.45, 2.75) is 12.8 Å². The molecule has 0 aliphatic carbocycles. The van der Waals surface area contributed by atoms with Crippen LogP contribution in [0.3, 0.4) is 0 Å². The van der Waals surface area contributed by atoms with Gasteiger partial charge in [-0.1, -0.05) is 0 Å². The molecule has 1 rings (SSSR count).